The van der Waals surface area contributed by atoms with Crippen LogP contribution in [0.15, 0.2) is 6.07 Å². The molecule has 1 heterocycles. The second-order valence-electron chi connectivity index (χ2n) is 3.14. The molecule has 0 fully saturated rings. The van der Waals surface area contributed by atoms with E-state index in [1.807, 2.05) is 0 Å². The number of carbonyl (C=O) groups is 1. The van der Waals surface area contributed by atoms with E-state index in [2.05, 4.69) is 10.2 Å². The lowest BCUT2D eigenvalue weighted by Crippen LogP contribution is -2.13. The van der Waals surface area contributed by atoms with Crippen molar-refractivity contribution in [3.05, 3.63) is 16.8 Å². The second-order valence-corrected chi connectivity index (χ2v) is 3.53. The van der Waals surface area contributed by atoms with Gasteiger partial charge < -0.3 is 9.84 Å². The Labute approximate surface area is 92.0 Å². The highest BCUT2D eigenvalue weighted by Gasteiger charge is 2.16. The lowest BCUT2D eigenvalue weighted by molar-refractivity contribution is -0.141. The van der Waals surface area contributed by atoms with Gasteiger partial charge in [-0.2, -0.15) is 0 Å². The smallest absolute Gasteiger partial charge is 0.306 e. The van der Waals surface area contributed by atoms with Crippen molar-refractivity contribution >= 4 is 17.6 Å². The van der Waals surface area contributed by atoms with Crippen molar-refractivity contribution in [2.45, 2.75) is 13.3 Å². The number of carboxylic acid groups (broad SMARTS) is 1. The van der Waals surface area contributed by atoms with Crippen molar-refractivity contribution in [3.8, 4) is 5.88 Å². The van der Waals surface area contributed by atoms with Crippen LogP contribution in [-0.2, 0) is 11.2 Å². The van der Waals surface area contributed by atoms with Crippen molar-refractivity contribution in [2.75, 3.05) is 7.11 Å². The van der Waals surface area contributed by atoms with E-state index < -0.39 is 11.9 Å². The summed E-state index contributed by atoms with van der Waals surface area (Å²) in [5.74, 6) is -1.07. The summed E-state index contributed by atoms with van der Waals surface area (Å²) >= 11 is 5.66. The fourth-order valence-corrected chi connectivity index (χ4v) is 1.30. The van der Waals surface area contributed by atoms with E-state index in [1.165, 1.54) is 7.11 Å². The van der Waals surface area contributed by atoms with Crippen LogP contribution >= 0.6 is 11.6 Å². The Balaban J connectivity index is 2.91. The third-order valence-corrected chi connectivity index (χ3v) is 2.13. The Morgan fingerprint density at radius 2 is 2.33 bits per heavy atom. The molecule has 82 valence electrons. The number of methoxy groups -OCH3 is 1. The zero-order valence-electron chi connectivity index (χ0n) is 8.40. The second kappa shape index (κ2) is 4.93. The molecule has 1 aromatic rings. The molecule has 0 saturated heterocycles. The third-order valence-electron chi connectivity index (χ3n) is 1.95. The normalized spacial score (nSPS) is 12.2. The van der Waals surface area contributed by atoms with E-state index in [1.54, 1.807) is 13.0 Å². The first-order valence-electron chi connectivity index (χ1n) is 4.33. The molecule has 6 heteroatoms. The number of aliphatic carboxylic acids is 1. The first kappa shape index (κ1) is 11.7. The fraction of sp³-hybridized carbons (Fsp3) is 0.444. The topological polar surface area (TPSA) is 72.3 Å². The predicted octanol–water partition coefficient (Wildman–Crippen LogP) is 1.40. The van der Waals surface area contributed by atoms with Gasteiger partial charge in [0, 0.05) is 5.56 Å². The Morgan fingerprint density at radius 3 is 2.87 bits per heavy atom. The summed E-state index contributed by atoms with van der Waals surface area (Å²) in [6.45, 7) is 1.61. The van der Waals surface area contributed by atoms with Gasteiger partial charge >= 0.3 is 5.97 Å². The molecule has 1 atom stereocenters. The maximum atomic E-state index is 10.7. The van der Waals surface area contributed by atoms with E-state index >= 15 is 0 Å². The van der Waals surface area contributed by atoms with Crippen LogP contribution < -0.4 is 4.74 Å². The fourth-order valence-electron chi connectivity index (χ4n) is 1.13. The molecule has 1 aromatic heterocycles. The molecule has 0 radical (unpaired) electrons. The number of ether oxygens (including phenoxy) is 1. The molecule has 1 N–H and O–H groups in total. The van der Waals surface area contributed by atoms with Crippen molar-refractivity contribution < 1.29 is 14.6 Å². The van der Waals surface area contributed by atoms with Gasteiger partial charge in [-0.3, -0.25) is 4.79 Å². The van der Waals surface area contributed by atoms with E-state index in [0.717, 1.165) is 0 Å². The quantitative estimate of drug-likeness (QED) is 0.847. The highest BCUT2D eigenvalue weighted by atomic mass is 35.5. The van der Waals surface area contributed by atoms with E-state index in [9.17, 15) is 4.79 Å². The number of rotatable bonds is 4. The Kier molecular flexibility index (Phi) is 3.85. The number of nitrogens with zero attached hydrogens (tertiary/aromatic N) is 2. The summed E-state index contributed by atoms with van der Waals surface area (Å²) < 4.78 is 4.96. The lowest BCUT2D eigenvalue weighted by Gasteiger charge is -2.09. The van der Waals surface area contributed by atoms with E-state index in [4.69, 9.17) is 21.4 Å². The number of halogens is 1. The number of hydrogen-bond acceptors (Lipinski definition) is 4. The van der Waals surface area contributed by atoms with Crippen LogP contribution in [0.2, 0.25) is 5.15 Å². The van der Waals surface area contributed by atoms with Gasteiger partial charge in [0.15, 0.2) is 5.15 Å². The zero-order chi connectivity index (χ0) is 11.4. The maximum Gasteiger partial charge on any atom is 0.306 e. The minimum atomic E-state index is -0.870. The molecule has 0 aliphatic rings. The van der Waals surface area contributed by atoms with Crippen LogP contribution in [0.5, 0.6) is 5.88 Å². The van der Waals surface area contributed by atoms with Crippen LogP contribution in [0.3, 0.4) is 0 Å². The average molecular weight is 231 g/mol. The van der Waals surface area contributed by atoms with Crippen LogP contribution in [0, 0.1) is 5.92 Å². The SMILES string of the molecule is COc1nnc(Cl)cc1CC(C)C(=O)O. The maximum absolute atomic E-state index is 10.7. The number of aromatic nitrogens is 2. The minimum absolute atomic E-state index is 0.225. The molecule has 0 saturated carbocycles. The largest absolute Gasteiger partial charge is 0.481 e. The average Bonchev–Trinajstić information content (AvgIpc) is 2.18. The molecular formula is C9H11ClN2O3. The monoisotopic (exact) mass is 230 g/mol. The molecular weight excluding hydrogens is 220 g/mol. The molecule has 5 nitrogen and oxygen atoms in total. The summed E-state index contributed by atoms with van der Waals surface area (Å²) in [6, 6.07) is 1.56. The molecule has 1 unspecified atom stereocenters. The molecule has 0 aliphatic heterocycles. The molecule has 1 rings (SSSR count). The van der Waals surface area contributed by atoms with Crippen molar-refractivity contribution in [1.82, 2.24) is 10.2 Å². The van der Waals surface area contributed by atoms with Crippen LogP contribution in [0.1, 0.15) is 12.5 Å². The molecule has 0 bridgehead atoms. The van der Waals surface area contributed by atoms with Crippen molar-refractivity contribution in [2.24, 2.45) is 5.92 Å². The van der Waals surface area contributed by atoms with Gasteiger partial charge in [0.2, 0.25) is 5.88 Å². The van der Waals surface area contributed by atoms with Gasteiger partial charge in [-0.25, -0.2) is 0 Å². The third kappa shape index (κ3) is 3.06. The summed E-state index contributed by atoms with van der Waals surface area (Å²) in [6.07, 6.45) is 0.313. The first-order valence-corrected chi connectivity index (χ1v) is 4.71. The van der Waals surface area contributed by atoms with Crippen molar-refractivity contribution in [1.29, 1.82) is 0 Å². The molecule has 0 amide bonds. The van der Waals surface area contributed by atoms with Gasteiger partial charge in [-0.1, -0.05) is 18.5 Å². The van der Waals surface area contributed by atoms with Gasteiger partial charge in [0.05, 0.1) is 13.0 Å². The van der Waals surface area contributed by atoms with Gasteiger partial charge in [0.25, 0.3) is 0 Å². The molecule has 0 aliphatic carbocycles. The summed E-state index contributed by atoms with van der Waals surface area (Å²) in [5, 5.41) is 16.3. The van der Waals surface area contributed by atoms with Gasteiger partial charge in [-0.15, -0.1) is 10.2 Å². The number of hydrogen-bond donors (Lipinski definition) is 1. The Morgan fingerprint density at radius 1 is 1.67 bits per heavy atom. The van der Waals surface area contributed by atoms with E-state index in [0.29, 0.717) is 17.9 Å². The molecule has 15 heavy (non-hydrogen) atoms. The predicted molar refractivity (Wildman–Crippen MR) is 54.1 cm³/mol. The summed E-state index contributed by atoms with van der Waals surface area (Å²) in [5.41, 5.74) is 0.646. The first-order chi connectivity index (χ1) is 7.04. The Hall–Kier alpha value is -1.36. The highest BCUT2D eigenvalue weighted by Crippen LogP contribution is 2.20. The molecule has 0 spiro atoms. The van der Waals surface area contributed by atoms with Crippen LogP contribution in [-0.4, -0.2) is 28.4 Å². The van der Waals surface area contributed by atoms with Gasteiger partial charge in [-0.05, 0) is 12.5 Å². The van der Waals surface area contributed by atoms with Crippen LogP contribution in [0.4, 0.5) is 0 Å². The van der Waals surface area contributed by atoms with Crippen molar-refractivity contribution in [3.63, 3.8) is 0 Å². The zero-order valence-corrected chi connectivity index (χ0v) is 9.15. The Bertz CT molecular complexity index is 370. The highest BCUT2D eigenvalue weighted by molar-refractivity contribution is 6.29. The summed E-state index contributed by atoms with van der Waals surface area (Å²) in [7, 11) is 1.45. The van der Waals surface area contributed by atoms with Crippen LogP contribution in [0.25, 0.3) is 0 Å². The lowest BCUT2D eigenvalue weighted by atomic mass is 10.0. The standard InChI is InChI=1S/C9H11ClN2O3/c1-5(9(13)14)3-6-4-7(10)11-12-8(6)15-2/h4-5H,3H2,1-2H3,(H,13,14). The summed E-state index contributed by atoms with van der Waals surface area (Å²) in [4.78, 5) is 10.7. The number of carboxylic acids is 1. The minimum Gasteiger partial charge on any atom is -0.481 e. The van der Waals surface area contributed by atoms with E-state index in [-0.39, 0.29) is 5.15 Å². The van der Waals surface area contributed by atoms with Gasteiger partial charge in [0.1, 0.15) is 0 Å². The molecule has 0 aromatic carbocycles.